The second kappa shape index (κ2) is 11.0. The molecule has 0 spiro atoms. The molecule has 0 saturated carbocycles. The minimum Gasteiger partial charge on any atom is -0.480 e. The van der Waals surface area contributed by atoms with Gasteiger partial charge in [-0.15, -0.1) is 0 Å². The summed E-state index contributed by atoms with van der Waals surface area (Å²) in [4.78, 5) is 41.1. The Kier molecular flexibility index (Phi) is 7.74. The number of nitrogens with one attached hydrogen (secondary N) is 1. The van der Waals surface area contributed by atoms with Crippen LogP contribution in [-0.2, 0) is 19.9 Å². The number of carboxylic acid groups (broad SMARTS) is 1. The van der Waals surface area contributed by atoms with E-state index in [0.717, 1.165) is 16.7 Å². The van der Waals surface area contributed by atoms with Crippen molar-refractivity contribution in [3.8, 4) is 0 Å². The topological polar surface area (TPSA) is 89.7 Å². The Hall–Kier alpha value is -3.97. The zero-order valence-electron chi connectivity index (χ0n) is 21.4. The highest BCUT2D eigenvalue weighted by atomic mass is 16.4. The summed E-state index contributed by atoms with van der Waals surface area (Å²) < 4.78 is 0. The van der Waals surface area contributed by atoms with Gasteiger partial charge in [-0.25, -0.2) is 4.79 Å². The molecule has 3 aromatic rings. The standard InChI is InChI=1S/C30H33N3O4/c1-21(2)27(29(36)37)31-26(34)20-32(3)28(35)25-19-33(25)30(22-13-7-4-8-14-22,23-15-9-5-10-16-23)24-17-11-6-12-18-24/h4-18,21,25,27H,19-20H2,1-3H3,(H,31,34)(H,36,37). The molecule has 3 aromatic carbocycles. The van der Waals surface area contributed by atoms with Crippen molar-refractivity contribution in [2.45, 2.75) is 31.5 Å². The lowest BCUT2D eigenvalue weighted by Crippen LogP contribution is -2.49. The van der Waals surface area contributed by atoms with Gasteiger partial charge in [0.05, 0.1) is 12.1 Å². The molecule has 1 aliphatic rings. The first-order valence-electron chi connectivity index (χ1n) is 12.5. The maximum Gasteiger partial charge on any atom is 0.326 e. The Bertz CT molecular complexity index is 1130. The fraction of sp³-hybridized carbons (Fsp3) is 0.300. The molecule has 1 heterocycles. The minimum absolute atomic E-state index is 0.182. The molecule has 0 bridgehead atoms. The monoisotopic (exact) mass is 499 g/mol. The maximum atomic E-state index is 13.5. The van der Waals surface area contributed by atoms with E-state index in [9.17, 15) is 19.5 Å². The van der Waals surface area contributed by atoms with Gasteiger partial charge in [0.1, 0.15) is 12.1 Å². The molecule has 0 radical (unpaired) electrons. The number of hydrogen-bond donors (Lipinski definition) is 2. The molecular weight excluding hydrogens is 466 g/mol. The predicted molar refractivity (Wildman–Crippen MR) is 142 cm³/mol. The van der Waals surface area contributed by atoms with Gasteiger partial charge in [-0.1, -0.05) is 105 Å². The molecule has 37 heavy (non-hydrogen) atoms. The lowest BCUT2D eigenvalue weighted by molar-refractivity contribution is -0.143. The SMILES string of the molecule is CC(C)C(NC(=O)CN(C)C(=O)C1CN1C(c1ccccc1)(c1ccccc1)c1ccccc1)C(=O)O. The first-order chi connectivity index (χ1) is 17.8. The van der Waals surface area contributed by atoms with Crippen LogP contribution in [0.1, 0.15) is 30.5 Å². The number of rotatable bonds is 10. The molecule has 7 heteroatoms. The van der Waals surface area contributed by atoms with Crippen molar-refractivity contribution >= 4 is 17.8 Å². The Morgan fingerprint density at radius 2 is 1.32 bits per heavy atom. The first-order valence-corrected chi connectivity index (χ1v) is 12.5. The molecule has 4 rings (SSSR count). The van der Waals surface area contributed by atoms with Crippen molar-refractivity contribution in [2.24, 2.45) is 5.92 Å². The highest BCUT2D eigenvalue weighted by Gasteiger charge is 2.56. The molecule has 0 aliphatic carbocycles. The second-order valence-corrected chi connectivity index (χ2v) is 9.80. The van der Waals surface area contributed by atoms with E-state index < -0.39 is 29.5 Å². The molecule has 2 N–H and O–H groups in total. The van der Waals surface area contributed by atoms with Gasteiger partial charge in [0, 0.05) is 13.6 Å². The van der Waals surface area contributed by atoms with Gasteiger partial charge in [0.2, 0.25) is 11.8 Å². The van der Waals surface area contributed by atoms with Crippen LogP contribution in [0.5, 0.6) is 0 Å². The molecule has 1 saturated heterocycles. The lowest BCUT2D eigenvalue weighted by atomic mass is 9.76. The number of likely N-dealkylation sites (N-methyl/N-ethyl adjacent to an activating group) is 1. The third kappa shape index (κ3) is 5.27. The third-order valence-electron chi connectivity index (χ3n) is 6.91. The maximum absolute atomic E-state index is 13.5. The summed E-state index contributed by atoms with van der Waals surface area (Å²) in [5.41, 5.74) is 2.44. The van der Waals surface area contributed by atoms with Crippen LogP contribution in [0.25, 0.3) is 0 Å². The second-order valence-electron chi connectivity index (χ2n) is 9.80. The van der Waals surface area contributed by atoms with E-state index in [1.807, 2.05) is 54.6 Å². The molecule has 1 fully saturated rings. The van der Waals surface area contributed by atoms with E-state index in [-0.39, 0.29) is 18.4 Å². The van der Waals surface area contributed by atoms with E-state index in [0.29, 0.717) is 6.54 Å². The third-order valence-corrected chi connectivity index (χ3v) is 6.91. The van der Waals surface area contributed by atoms with E-state index in [1.165, 1.54) is 4.90 Å². The Morgan fingerprint density at radius 1 is 0.892 bits per heavy atom. The number of amides is 2. The lowest BCUT2D eigenvalue weighted by Gasteiger charge is -2.38. The molecule has 192 valence electrons. The fourth-order valence-electron chi connectivity index (χ4n) is 5.04. The summed E-state index contributed by atoms with van der Waals surface area (Å²) in [5.74, 6) is -2.04. The summed E-state index contributed by atoms with van der Waals surface area (Å²) in [7, 11) is 1.58. The van der Waals surface area contributed by atoms with Crippen molar-refractivity contribution in [1.29, 1.82) is 0 Å². The van der Waals surface area contributed by atoms with Crippen molar-refractivity contribution in [3.05, 3.63) is 108 Å². The van der Waals surface area contributed by atoms with E-state index in [1.54, 1.807) is 20.9 Å². The highest BCUT2D eigenvalue weighted by Crippen LogP contribution is 2.48. The summed E-state index contributed by atoms with van der Waals surface area (Å²) in [6.07, 6.45) is 0. The quantitative estimate of drug-likeness (QED) is 0.330. The molecule has 2 amide bonds. The van der Waals surface area contributed by atoms with E-state index in [4.69, 9.17) is 0 Å². The normalized spacial score (nSPS) is 17.6. The van der Waals surface area contributed by atoms with Crippen LogP contribution in [0.3, 0.4) is 0 Å². The zero-order valence-corrected chi connectivity index (χ0v) is 21.4. The van der Waals surface area contributed by atoms with Crippen LogP contribution in [0.15, 0.2) is 91.0 Å². The molecule has 3 unspecified atom stereocenters. The molecule has 3 atom stereocenters. The van der Waals surface area contributed by atoms with Gasteiger partial charge >= 0.3 is 5.97 Å². The summed E-state index contributed by atoms with van der Waals surface area (Å²) in [6.45, 7) is 3.76. The molecular formula is C30H33N3O4. The van der Waals surface area contributed by atoms with Crippen molar-refractivity contribution < 1.29 is 19.5 Å². The zero-order chi connectivity index (χ0) is 26.6. The van der Waals surface area contributed by atoms with Crippen LogP contribution in [0.4, 0.5) is 0 Å². The average molecular weight is 500 g/mol. The summed E-state index contributed by atoms with van der Waals surface area (Å²) in [6, 6.07) is 29.0. The van der Waals surface area contributed by atoms with Crippen LogP contribution in [0.2, 0.25) is 0 Å². The number of nitrogens with zero attached hydrogens (tertiary/aromatic N) is 2. The highest BCUT2D eigenvalue weighted by molar-refractivity contribution is 5.91. The van der Waals surface area contributed by atoms with Crippen molar-refractivity contribution in [2.75, 3.05) is 20.1 Å². The van der Waals surface area contributed by atoms with Gasteiger partial charge in [-0.05, 0) is 22.6 Å². The molecule has 1 aliphatic heterocycles. The number of carbonyl (C=O) groups is 3. The van der Waals surface area contributed by atoms with Gasteiger partial charge in [0.15, 0.2) is 0 Å². The van der Waals surface area contributed by atoms with Gasteiger partial charge in [-0.2, -0.15) is 0 Å². The Morgan fingerprint density at radius 3 is 1.70 bits per heavy atom. The Balaban J connectivity index is 1.64. The number of benzene rings is 3. The predicted octanol–water partition coefficient (Wildman–Crippen LogP) is 3.35. The summed E-state index contributed by atoms with van der Waals surface area (Å²) in [5, 5.41) is 11.9. The van der Waals surface area contributed by atoms with Crippen molar-refractivity contribution in [3.63, 3.8) is 0 Å². The number of hydrogen-bond acceptors (Lipinski definition) is 4. The smallest absolute Gasteiger partial charge is 0.326 e. The fourth-order valence-corrected chi connectivity index (χ4v) is 5.04. The summed E-state index contributed by atoms with van der Waals surface area (Å²) >= 11 is 0. The molecule has 7 nitrogen and oxygen atoms in total. The van der Waals surface area contributed by atoms with Gasteiger partial charge < -0.3 is 15.3 Å². The van der Waals surface area contributed by atoms with Crippen molar-refractivity contribution in [1.82, 2.24) is 15.1 Å². The number of carboxylic acids is 1. The molecule has 0 aromatic heterocycles. The van der Waals surface area contributed by atoms with Crippen LogP contribution in [-0.4, -0.2) is 64.9 Å². The number of carbonyl (C=O) groups excluding carboxylic acids is 2. The van der Waals surface area contributed by atoms with Crippen LogP contribution >= 0.6 is 0 Å². The van der Waals surface area contributed by atoms with Gasteiger partial charge in [-0.3, -0.25) is 14.5 Å². The first kappa shape index (κ1) is 26.1. The van der Waals surface area contributed by atoms with Crippen LogP contribution in [0, 0.1) is 5.92 Å². The largest absolute Gasteiger partial charge is 0.480 e. The minimum atomic E-state index is -1.09. The van der Waals surface area contributed by atoms with Crippen LogP contribution < -0.4 is 5.32 Å². The average Bonchev–Trinajstić information content (AvgIpc) is 3.70. The number of aliphatic carboxylic acids is 1. The Labute approximate surface area is 217 Å². The van der Waals surface area contributed by atoms with E-state index in [2.05, 4.69) is 46.6 Å². The van der Waals surface area contributed by atoms with Gasteiger partial charge in [0.25, 0.3) is 0 Å². The van der Waals surface area contributed by atoms with E-state index >= 15 is 0 Å².